The lowest BCUT2D eigenvalue weighted by atomic mass is 9.90. The van der Waals surface area contributed by atoms with E-state index in [1.165, 1.54) is 50.8 Å². The molecule has 1 aliphatic heterocycles. The van der Waals surface area contributed by atoms with E-state index in [0.717, 1.165) is 12.3 Å². The predicted octanol–water partition coefficient (Wildman–Crippen LogP) is 3.19. The number of rotatable bonds is 4. The fraction of sp³-hybridized carbons (Fsp3) is 0.667. The number of benzene rings is 1. The van der Waals surface area contributed by atoms with Gasteiger partial charge in [0.15, 0.2) is 0 Å². The van der Waals surface area contributed by atoms with Gasteiger partial charge in [-0.1, -0.05) is 31.9 Å². The molecule has 0 bridgehead atoms. The number of hydrogen-bond acceptors (Lipinski definition) is 3. The van der Waals surface area contributed by atoms with E-state index in [1.807, 2.05) is 0 Å². The number of methoxy groups -OCH3 is 1. The number of nitrogens with zero attached hydrogens (tertiary/aromatic N) is 1. The molecule has 21 heavy (non-hydrogen) atoms. The molecule has 1 saturated carbocycles. The Kier molecular flexibility index (Phi) is 4.51. The summed E-state index contributed by atoms with van der Waals surface area (Å²) >= 11 is 0. The van der Waals surface area contributed by atoms with Gasteiger partial charge in [-0.3, -0.25) is 4.90 Å². The first kappa shape index (κ1) is 14.9. The fourth-order valence-electron chi connectivity index (χ4n) is 3.95. The van der Waals surface area contributed by atoms with Crippen molar-refractivity contribution in [2.24, 2.45) is 0 Å². The Balaban J connectivity index is 1.75. The molecule has 1 aromatic rings. The third-order valence-corrected chi connectivity index (χ3v) is 5.39. The van der Waals surface area contributed by atoms with Crippen LogP contribution in [-0.2, 0) is 6.54 Å². The SMILES string of the molecule is CCC1CN(Cc2ccc(OC)cc2)C2(CCCC2)CN1. The summed E-state index contributed by atoms with van der Waals surface area (Å²) in [5, 5.41) is 3.77. The molecule has 1 saturated heterocycles. The van der Waals surface area contributed by atoms with Crippen molar-refractivity contribution in [2.75, 3.05) is 20.2 Å². The van der Waals surface area contributed by atoms with E-state index in [0.29, 0.717) is 11.6 Å². The molecule has 1 aliphatic carbocycles. The van der Waals surface area contributed by atoms with Crippen LogP contribution in [0.25, 0.3) is 0 Å². The minimum Gasteiger partial charge on any atom is -0.497 e. The molecule has 3 heteroatoms. The molecule has 1 N–H and O–H groups in total. The van der Waals surface area contributed by atoms with Crippen LogP contribution in [0.4, 0.5) is 0 Å². The Morgan fingerprint density at radius 1 is 1.24 bits per heavy atom. The summed E-state index contributed by atoms with van der Waals surface area (Å²) in [5.74, 6) is 0.945. The zero-order valence-electron chi connectivity index (χ0n) is 13.4. The van der Waals surface area contributed by atoms with E-state index in [1.54, 1.807) is 7.11 Å². The van der Waals surface area contributed by atoms with Gasteiger partial charge < -0.3 is 10.1 Å². The van der Waals surface area contributed by atoms with Gasteiger partial charge in [0.1, 0.15) is 5.75 Å². The van der Waals surface area contributed by atoms with Crippen LogP contribution >= 0.6 is 0 Å². The molecular formula is C18H28N2O. The van der Waals surface area contributed by atoms with Gasteiger partial charge in [0.25, 0.3) is 0 Å². The summed E-state index contributed by atoms with van der Waals surface area (Å²) in [6, 6.07) is 9.23. The first-order chi connectivity index (χ1) is 10.3. The molecular weight excluding hydrogens is 260 g/mol. The number of piperazine rings is 1. The molecule has 3 nitrogen and oxygen atoms in total. The Morgan fingerprint density at radius 2 is 1.95 bits per heavy atom. The minimum atomic E-state index is 0.408. The van der Waals surface area contributed by atoms with Gasteiger partial charge in [-0.05, 0) is 37.0 Å². The summed E-state index contributed by atoms with van der Waals surface area (Å²) in [6.07, 6.45) is 6.70. The van der Waals surface area contributed by atoms with E-state index >= 15 is 0 Å². The largest absolute Gasteiger partial charge is 0.497 e. The van der Waals surface area contributed by atoms with E-state index in [4.69, 9.17) is 4.74 Å². The van der Waals surface area contributed by atoms with Crippen LogP contribution in [0.3, 0.4) is 0 Å². The molecule has 1 aromatic carbocycles. The Hall–Kier alpha value is -1.06. The van der Waals surface area contributed by atoms with E-state index < -0.39 is 0 Å². The van der Waals surface area contributed by atoms with Crippen LogP contribution in [0.5, 0.6) is 5.75 Å². The maximum Gasteiger partial charge on any atom is 0.118 e. The molecule has 2 fully saturated rings. The van der Waals surface area contributed by atoms with E-state index in [-0.39, 0.29) is 0 Å². The molecule has 116 valence electrons. The molecule has 1 atom stereocenters. The zero-order valence-corrected chi connectivity index (χ0v) is 13.4. The number of ether oxygens (including phenoxy) is 1. The summed E-state index contributed by atoms with van der Waals surface area (Å²) < 4.78 is 5.26. The van der Waals surface area contributed by atoms with Gasteiger partial charge in [-0.2, -0.15) is 0 Å². The monoisotopic (exact) mass is 288 g/mol. The Labute approximate surface area is 128 Å². The van der Waals surface area contributed by atoms with Crippen LogP contribution in [0.2, 0.25) is 0 Å². The predicted molar refractivity (Wildman–Crippen MR) is 86.7 cm³/mol. The topological polar surface area (TPSA) is 24.5 Å². The zero-order chi connectivity index (χ0) is 14.7. The molecule has 0 amide bonds. The van der Waals surface area contributed by atoms with Crippen molar-refractivity contribution < 1.29 is 4.74 Å². The van der Waals surface area contributed by atoms with Crippen molar-refractivity contribution in [3.63, 3.8) is 0 Å². The van der Waals surface area contributed by atoms with Crippen LogP contribution in [0.15, 0.2) is 24.3 Å². The summed E-state index contributed by atoms with van der Waals surface area (Å²) in [4.78, 5) is 2.76. The van der Waals surface area contributed by atoms with Crippen molar-refractivity contribution in [1.29, 1.82) is 0 Å². The standard InChI is InChI=1S/C18H28N2O/c1-3-16-13-20(18(14-19-16)10-4-5-11-18)12-15-6-8-17(21-2)9-7-15/h6-9,16,19H,3-5,10-14H2,1-2H3. The van der Waals surface area contributed by atoms with Crippen molar-refractivity contribution in [3.05, 3.63) is 29.8 Å². The molecule has 0 aromatic heterocycles. The molecule has 0 radical (unpaired) electrons. The van der Waals surface area contributed by atoms with Gasteiger partial charge in [0.05, 0.1) is 7.11 Å². The van der Waals surface area contributed by atoms with Crippen molar-refractivity contribution in [3.8, 4) is 5.75 Å². The maximum atomic E-state index is 5.26. The van der Waals surface area contributed by atoms with Crippen LogP contribution in [-0.4, -0.2) is 36.7 Å². The first-order valence-electron chi connectivity index (χ1n) is 8.37. The van der Waals surface area contributed by atoms with Gasteiger partial charge in [0, 0.05) is 31.2 Å². The fourth-order valence-corrected chi connectivity index (χ4v) is 3.95. The van der Waals surface area contributed by atoms with Gasteiger partial charge in [0.2, 0.25) is 0 Å². The maximum absolute atomic E-state index is 5.26. The minimum absolute atomic E-state index is 0.408. The molecule has 2 aliphatic rings. The molecule has 1 heterocycles. The smallest absolute Gasteiger partial charge is 0.118 e. The van der Waals surface area contributed by atoms with E-state index in [2.05, 4.69) is 41.4 Å². The normalized spacial score (nSPS) is 25.3. The lowest BCUT2D eigenvalue weighted by Crippen LogP contribution is -2.62. The van der Waals surface area contributed by atoms with Crippen molar-refractivity contribution in [2.45, 2.75) is 57.2 Å². The Morgan fingerprint density at radius 3 is 2.57 bits per heavy atom. The van der Waals surface area contributed by atoms with Crippen LogP contribution < -0.4 is 10.1 Å². The lowest BCUT2D eigenvalue weighted by molar-refractivity contribution is 0.0349. The van der Waals surface area contributed by atoms with Gasteiger partial charge in [-0.25, -0.2) is 0 Å². The molecule has 1 spiro atoms. The summed E-state index contributed by atoms with van der Waals surface area (Å²) in [7, 11) is 1.73. The Bertz CT molecular complexity index is 451. The highest BCUT2D eigenvalue weighted by molar-refractivity contribution is 5.27. The molecule has 1 unspecified atom stereocenters. The van der Waals surface area contributed by atoms with Gasteiger partial charge >= 0.3 is 0 Å². The second-order valence-corrected chi connectivity index (χ2v) is 6.65. The highest BCUT2D eigenvalue weighted by Crippen LogP contribution is 2.38. The quantitative estimate of drug-likeness (QED) is 0.921. The summed E-state index contributed by atoms with van der Waals surface area (Å²) in [6.45, 7) is 5.71. The molecule has 3 rings (SSSR count). The number of hydrogen-bond donors (Lipinski definition) is 1. The van der Waals surface area contributed by atoms with Crippen molar-refractivity contribution in [1.82, 2.24) is 10.2 Å². The van der Waals surface area contributed by atoms with Crippen LogP contribution in [0, 0.1) is 0 Å². The third kappa shape index (κ3) is 3.09. The van der Waals surface area contributed by atoms with Crippen molar-refractivity contribution >= 4 is 0 Å². The van der Waals surface area contributed by atoms with E-state index in [9.17, 15) is 0 Å². The van der Waals surface area contributed by atoms with Crippen LogP contribution in [0.1, 0.15) is 44.6 Å². The highest BCUT2D eigenvalue weighted by Gasteiger charge is 2.42. The average Bonchev–Trinajstić information content (AvgIpc) is 3.00. The first-order valence-corrected chi connectivity index (χ1v) is 8.37. The second kappa shape index (κ2) is 6.37. The average molecular weight is 288 g/mol. The summed E-state index contributed by atoms with van der Waals surface area (Å²) in [5.41, 5.74) is 1.81. The second-order valence-electron chi connectivity index (χ2n) is 6.65. The third-order valence-electron chi connectivity index (χ3n) is 5.39. The van der Waals surface area contributed by atoms with Gasteiger partial charge in [-0.15, -0.1) is 0 Å². The number of nitrogens with one attached hydrogen (secondary N) is 1. The highest BCUT2D eigenvalue weighted by atomic mass is 16.5. The lowest BCUT2D eigenvalue weighted by Gasteiger charge is -2.48.